The molecule has 4 bridgehead atoms. The second-order valence-electron chi connectivity index (χ2n) is 10.7. The number of halogens is 2. The fourth-order valence-corrected chi connectivity index (χ4v) is 7.61. The van der Waals surface area contributed by atoms with Crippen molar-refractivity contribution >= 4 is 35.6 Å². The molecule has 0 spiro atoms. The lowest BCUT2D eigenvalue weighted by Gasteiger charge is -2.54. The lowest BCUT2D eigenvalue weighted by atomic mass is 9.54. The van der Waals surface area contributed by atoms with Crippen LogP contribution in [-0.4, -0.2) is 32.2 Å². The molecule has 0 saturated heterocycles. The van der Waals surface area contributed by atoms with Crippen molar-refractivity contribution in [1.29, 1.82) is 0 Å². The molecule has 2 aromatic carbocycles. The number of fused-ring (bicyclic) bond motifs is 1. The number of para-hydroxylation sites is 1. The van der Waals surface area contributed by atoms with Gasteiger partial charge in [0.2, 0.25) is 0 Å². The number of benzene rings is 2. The van der Waals surface area contributed by atoms with E-state index < -0.39 is 0 Å². The first-order valence-electron chi connectivity index (χ1n) is 12.7. The van der Waals surface area contributed by atoms with Crippen molar-refractivity contribution in [2.24, 2.45) is 23.7 Å². The van der Waals surface area contributed by atoms with Crippen LogP contribution in [0.5, 0.6) is 11.5 Å². The highest BCUT2D eigenvalue weighted by Gasteiger charge is 2.47. The van der Waals surface area contributed by atoms with Gasteiger partial charge in [-0.05, 0) is 91.5 Å². The minimum Gasteiger partial charge on any atom is -0.493 e. The Balaban J connectivity index is 0.00000253. The average molecular weight is 517 g/mol. The molecule has 0 aromatic heterocycles. The third-order valence-electron chi connectivity index (χ3n) is 8.59. The molecule has 0 atom stereocenters. The fourth-order valence-electron chi connectivity index (χ4n) is 7.32. The zero-order valence-electron chi connectivity index (χ0n) is 20.2. The molecular weight excluding hydrogens is 483 g/mol. The number of amides is 1. The summed E-state index contributed by atoms with van der Waals surface area (Å²) in [6.07, 6.45) is 7.95. The molecule has 7 rings (SSSR count). The van der Waals surface area contributed by atoms with Gasteiger partial charge in [0, 0.05) is 24.8 Å². The maximum atomic E-state index is 12.9. The number of methoxy groups -OCH3 is 1. The molecule has 35 heavy (non-hydrogen) atoms. The topological polar surface area (TPSA) is 50.8 Å². The highest BCUT2D eigenvalue weighted by molar-refractivity contribution is 6.32. The molecule has 4 aliphatic carbocycles. The smallest absolute Gasteiger partial charge is 0.264 e. The number of ether oxygens (including phenoxy) is 2. The lowest BCUT2D eigenvalue weighted by molar-refractivity contribution is -0.120. The van der Waals surface area contributed by atoms with Crippen LogP contribution in [0.4, 0.5) is 5.69 Å². The van der Waals surface area contributed by atoms with Gasteiger partial charge in [-0.25, -0.2) is 0 Å². The summed E-state index contributed by atoms with van der Waals surface area (Å²) in [5.41, 5.74) is 3.26. The van der Waals surface area contributed by atoms with Crippen LogP contribution in [0.3, 0.4) is 0 Å². The summed E-state index contributed by atoms with van der Waals surface area (Å²) < 4.78 is 11.5. The number of carbonyl (C=O) groups excluding carboxylic acids is 1. The Morgan fingerprint density at radius 1 is 1.09 bits per heavy atom. The van der Waals surface area contributed by atoms with Gasteiger partial charge in [0.15, 0.2) is 18.1 Å². The zero-order valence-corrected chi connectivity index (χ0v) is 21.7. The standard InChI is InChI=1S/C28H33ClN2O3.ClH/c1-33-25-14-19(15-30-27-21-9-17-8-18(11-21)12-22(27)10-17)13-23(29)28(25)34-16-26(32)31-7-6-20-4-2-3-5-24(20)31;/h2-5,13-14,17-18,21-22,27,30H,6-12,15-16H2,1H3;1H. The van der Waals surface area contributed by atoms with Gasteiger partial charge < -0.3 is 19.7 Å². The Kier molecular flexibility index (Phi) is 7.20. The van der Waals surface area contributed by atoms with Crippen LogP contribution in [0.1, 0.15) is 43.2 Å². The normalized spacial score (nSPS) is 27.9. The fraction of sp³-hybridized carbons (Fsp3) is 0.536. The van der Waals surface area contributed by atoms with E-state index in [2.05, 4.69) is 11.4 Å². The molecule has 5 aliphatic rings. The molecule has 7 heteroatoms. The number of carbonyl (C=O) groups is 1. The van der Waals surface area contributed by atoms with E-state index in [9.17, 15) is 4.79 Å². The number of rotatable bonds is 7. The Morgan fingerprint density at radius 2 is 1.80 bits per heavy atom. The largest absolute Gasteiger partial charge is 0.493 e. The van der Waals surface area contributed by atoms with Crippen LogP contribution >= 0.6 is 24.0 Å². The van der Waals surface area contributed by atoms with Gasteiger partial charge in [-0.2, -0.15) is 0 Å². The molecular formula is C28H34Cl2N2O3. The number of nitrogens with zero attached hydrogens (tertiary/aromatic N) is 1. The monoisotopic (exact) mass is 516 g/mol. The first-order chi connectivity index (χ1) is 16.6. The molecule has 1 amide bonds. The first-order valence-corrected chi connectivity index (χ1v) is 13.1. The lowest BCUT2D eigenvalue weighted by Crippen LogP contribution is -2.54. The van der Waals surface area contributed by atoms with E-state index in [1.54, 1.807) is 12.0 Å². The van der Waals surface area contributed by atoms with Gasteiger partial charge in [-0.3, -0.25) is 4.79 Å². The van der Waals surface area contributed by atoms with E-state index in [0.29, 0.717) is 29.1 Å². The van der Waals surface area contributed by atoms with Crippen molar-refractivity contribution < 1.29 is 14.3 Å². The second-order valence-corrected chi connectivity index (χ2v) is 11.1. The minimum atomic E-state index is -0.0736. The zero-order chi connectivity index (χ0) is 23.2. The quantitative estimate of drug-likeness (QED) is 0.516. The number of nitrogens with one attached hydrogen (secondary N) is 1. The van der Waals surface area contributed by atoms with Crippen molar-refractivity contribution in [3.8, 4) is 11.5 Å². The van der Waals surface area contributed by atoms with Crippen molar-refractivity contribution in [2.75, 3.05) is 25.2 Å². The average Bonchev–Trinajstić information content (AvgIpc) is 3.26. The number of hydrogen-bond acceptors (Lipinski definition) is 4. The Hall–Kier alpha value is -1.95. The van der Waals surface area contributed by atoms with Crippen molar-refractivity contribution in [3.05, 3.63) is 52.5 Å². The van der Waals surface area contributed by atoms with Gasteiger partial charge >= 0.3 is 0 Å². The van der Waals surface area contributed by atoms with E-state index >= 15 is 0 Å². The van der Waals surface area contributed by atoms with E-state index in [1.165, 1.54) is 37.7 Å². The molecule has 1 N–H and O–H groups in total. The molecule has 4 fully saturated rings. The van der Waals surface area contributed by atoms with Gasteiger partial charge in [0.1, 0.15) is 0 Å². The molecule has 2 aromatic rings. The summed E-state index contributed by atoms with van der Waals surface area (Å²) in [5.74, 6) is 4.55. The molecule has 5 nitrogen and oxygen atoms in total. The van der Waals surface area contributed by atoms with Crippen LogP contribution < -0.4 is 19.7 Å². The first kappa shape index (κ1) is 24.7. The summed E-state index contributed by atoms with van der Waals surface area (Å²) in [6.45, 7) is 1.38. The van der Waals surface area contributed by atoms with Crippen molar-refractivity contribution in [3.63, 3.8) is 0 Å². The molecule has 4 saturated carbocycles. The summed E-state index contributed by atoms with van der Waals surface area (Å²) >= 11 is 6.62. The molecule has 0 unspecified atom stereocenters. The number of anilines is 1. The van der Waals surface area contributed by atoms with Gasteiger partial charge in [0.25, 0.3) is 5.91 Å². The van der Waals surface area contributed by atoms with Crippen LogP contribution in [0, 0.1) is 23.7 Å². The van der Waals surface area contributed by atoms with Crippen LogP contribution in [-0.2, 0) is 17.8 Å². The Bertz CT molecular complexity index is 1060. The van der Waals surface area contributed by atoms with E-state index in [4.69, 9.17) is 21.1 Å². The van der Waals surface area contributed by atoms with Crippen LogP contribution in [0.15, 0.2) is 36.4 Å². The Morgan fingerprint density at radius 3 is 2.51 bits per heavy atom. The maximum absolute atomic E-state index is 12.9. The highest BCUT2D eigenvalue weighted by atomic mass is 35.5. The molecule has 1 heterocycles. The number of hydrogen-bond donors (Lipinski definition) is 1. The molecule has 1 aliphatic heterocycles. The summed E-state index contributed by atoms with van der Waals surface area (Å²) in [5, 5.41) is 4.34. The van der Waals surface area contributed by atoms with Crippen molar-refractivity contribution in [1.82, 2.24) is 5.32 Å². The molecule has 188 valence electrons. The third-order valence-corrected chi connectivity index (χ3v) is 8.87. The van der Waals surface area contributed by atoms with Crippen LogP contribution in [0.25, 0.3) is 0 Å². The van der Waals surface area contributed by atoms with E-state index in [-0.39, 0.29) is 24.9 Å². The van der Waals surface area contributed by atoms with E-state index in [1.807, 2.05) is 30.3 Å². The SMILES string of the molecule is COc1cc(CNC2C3CC4CC(C3)CC2C4)cc(Cl)c1OCC(=O)N1CCc2ccccc21.Cl. The summed E-state index contributed by atoms with van der Waals surface area (Å²) in [7, 11) is 1.62. The molecule has 0 radical (unpaired) electrons. The van der Waals surface area contributed by atoms with Crippen molar-refractivity contribution in [2.45, 2.75) is 51.1 Å². The van der Waals surface area contributed by atoms with Crippen LogP contribution in [0.2, 0.25) is 5.02 Å². The van der Waals surface area contributed by atoms with E-state index in [0.717, 1.165) is 47.9 Å². The summed E-state index contributed by atoms with van der Waals surface area (Å²) in [6, 6.07) is 12.6. The van der Waals surface area contributed by atoms with Gasteiger partial charge in [0.05, 0.1) is 12.1 Å². The minimum absolute atomic E-state index is 0. The Labute approximate surface area is 218 Å². The predicted molar refractivity (Wildman–Crippen MR) is 141 cm³/mol. The van der Waals surface area contributed by atoms with Gasteiger partial charge in [-0.1, -0.05) is 29.8 Å². The highest BCUT2D eigenvalue weighted by Crippen LogP contribution is 2.53. The maximum Gasteiger partial charge on any atom is 0.264 e. The van der Waals surface area contributed by atoms with Gasteiger partial charge in [-0.15, -0.1) is 12.4 Å². The summed E-state index contributed by atoms with van der Waals surface area (Å²) in [4.78, 5) is 14.7. The predicted octanol–water partition coefficient (Wildman–Crippen LogP) is 5.65. The third kappa shape index (κ3) is 4.75. The second kappa shape index (κ2) is 10.2.